The predicted octanol–water partition coefficient (Wildman–Crippen LogP) is 3.33. The molecule has 0 radical (unpaired) electrons. The number of ketones is 1. The molecular formula is C14H17NO. The summed E-state index contributed by atoms with van der Waals surface area (Å²) in [6, 6.07) is 6.21. The number of benzene rings is 1. The molecule has 0 aliphatic carbocycles. The van der Waals surface area contributed by atoms with Gasteiger partial charge in [0.2, 0.25) is 0 Å². The molecule has 0 fully saturated rings. The van der Waals surface area contributed by atoms with Crippen LogP contribution < -0.4 is 0 Å². The highest BCUT2D eigenvalue weighted by Crippen LogP contribution is 2.24. The van der Waals surface area contributed by atoms with Crippen molar-refractivity contribution in [1.82, 2.24) is 4.57 Å². The minimum Gasteiger partial charge on any atom is -0.350 e. The number of aromatic nitrogens is 1. The molecule has 1 heterocycles. The van der Waals surface area contributed by atoms with Crippen LogP contribution in [0.5, 0.6) is 0 Å². The molecule has 2 aromatic rings. The second-order valence-electron chi connectivity index (χ2n) is 4.69. The number of nitrogens with zero attached hydrogens (tertiary/aromatic N) is 1. The van der Waals surface area contributed by atoms with E-state index in [2.05, 4.69) is 19.1 Å². The maximum atomic E-state index is 12.0. The lowest BCUT2D eigenvalue weighted by Crippen LogP contribution is -2.06. The van der Waals surface area contributed by atoms with Crippen LogP contribution in [0, 0.1) is 12.8 Å². The molecule has 1 aromatic heterocycles. The summed E-state index contributed by atoms with van der Waals surface area (Å²) in [6.07, 6.45) is 1.94. The molecule has 0 aliphatic heterocycles. The van der Waals surface area contributed by atoms with Crippen LogP contribution in [0.1, 0.15) is 29.8 Å². The normalized spacial score (nSPS) is 11.3. The summed E-state index contributed by atoms with van der Waals surface area (Å²) in [5, 5.41) is 1.06. The topological polar surface area (TPSA) is 22.0 Å². The molecule has 84 valence electrons. The van der Waals surface area contributed by atoms with Crippen molar-refractivity contribution < 1.29 is 4.79 Å². The van der Waals surface area contributed by atoms with Gasteiger partial charge in [0, 0.05) is 35.6 Å². The Balaban J connectivity index is 2.69. The first-order valence-electron chi connectivity index (χ1n) is 5.60. The Hall–Kier alpha value is -1.57. The van der Waals surface area contributed by atoms with Crippen molar-refractivity contribution >= 4 is 16.7 Å². The highest BCUT2D eigenvalue weighted by atomic mass is 16.1. The maximum Gasteiger partial charge on any atom is 0.167 e. The van der Waals surface area contributed by atoms with E-state index in [1.54, 1.807) is 0 Å². The van der Waals surface area contributed by atoms with Crippen molar-refractivity contribution in [3.05, 3.63) is 35.5 Å². The third-order valence-electron chi connectivity index (χ3n) is 2.94. The van der Waals surface area contributed by atoms with E-state index in [-0.39, 0.29) is 11.7 Å². The summed E-state index contributed by atoms with van der Waals surface area (Å²) >= 11 is 0. The average molecular weight is 215 g/mol. The first-order chi connectivity index (χ1) is 7.50. The summed E-state index contributed by atoms with van der Waals surface area (Å²) in [5.74, 6) is 0.265. The van der Waals surface area contributed by atoms with Crippen LogP contribution in [0.3, 0.4) is 0 Å². The van der Waals surface area contributed by atoms with Crippen molar-refractivity contribution in [2.75, 3.05) is 0 Å². The van der Waals surface area contributed by atoms with Gasteiger partial charge < -0.3 is 4.57 Å². The van der Waals surface area contributed by atoms with E-state index < -0.39 is 0 Å². The minimum atomic E-state index is 0.0481. The number of rotatable bonds is 2. The minimum absolute atomic E-state index is 0.0481. The lowest BCUT2D eigenvalue weighted by Gasteiger charge is -2.02. The lowest BCUT2D eigenvalue weighted by molar-refractivity contribution is 0.0941. The van der Waals surface area contributed by atoms with Crippen LogP contribution in [0.2, 0.25) is 0 Å². The Kier molecular flexibility index (Phi) is 2.58. The molecule has 16 heavy (non-hydrogen) atoms. The highest BCUT2D eigenvalue weighted by molar-refractivity contribution is 6.08. The number of aryl methyl sites for hydroxylation is 2. The van der Waals surface area contributed by atoms with Crippen molar-refractivity contribution in [3.63, 3.8) is 0 Å². The van der Waals surface area contributed by atoms with Crippen molar-refractivity contribution in [2.45, 2.75) is 20.8 Å². The van der Waals surface area contributed by atoms with Gasteiger partial charge in [0.15, 0.2) is 5.78 Å². The van der Waals surface area contributed by atoms with Gasteiger partial charge in [-0.15, -0.1) is 0 Å². The fourth-order valence-electron chi connectivity index (χ4n) is 2.00. The average Bonchev–Trinajstić information content (AvgIpc) is 2.55. The van der Waals surface area contributed by atoms with E-state index >= 15 is 0 Å². The quantitative estimate of drug-likeness (QED) is 0.704. The largest absolute Gasteiger partial charge is 0.350 e. The Bertz CT molecular complexity index is 549. The number of fused-ring (bicyclic) bond motifs is 1. The zero-order valence-corrected chi connectivity index (χ0v) is 10.2. The van der Waals surface area contributed by atoms with E-state index in [1.165, 1.54) is 5.56 Å². The van der Waals surface area contributed by atoms with Gasteiger partial charge in [0.25, 0.3) is 0 Å². The number of carbonyl (C=O) groups is 1. The molecule has 0 N–H and O–H groups in total. The molecule has 0 saturated carbocycles. The van der Waals surface area contributed by atoms with Crippen molar-refractivity contribution in [3.8, 4) is 0 Å². The molecule has 0 spiro atoms. The fraction of sp³-hybridized carbons (Fsp3) is 0.357. The molecule has 0 bridgehead atoms. The number of carbonyl (C=O) groups excluding carboxylic acids is 1. The van der Waals surface area contributed by atoms with Gasteiger partial charge in [-0.05, 0) is 18.6 Å². The molecule has 0 aliphatic rings. The van der Waals surface area contributed by atoms with Crippen LogP contribution in [-0.2, 0) is 7.05 Å². The standard InChI is InChI=1S/C14H17NO/c1-9(2)14(16)12-8-15(4)13-7-10(3)5-6-11(12)13/h5-9H,1-4H3. The molecule has 1 aromatic carbocycles. The van der Waals surface area contributed by atoms with Crippen LogP contribution in [0.25, 0.3) is 10.9 Å². The Morgan fingerprint density at radius 2 is 2.00 bits per heavy atom. The van der Waals surface area contributed by atoms with Gasteiger partial charge in [-0.2, -0.15) is 0 Å². The Labute approximate surface area is 95.9 Å². The predicted molar refractivity (Wildman–Crippen MR) is 66.8 cm³/mol. The van der Waals surface area contributed by atoms with Gasteiger partial charge in [0.05, 0.1) is 0 Å². The highest BCUT2D eigenvalue weighted by Gasteiger charge is 2.16. The molecular weight excluding hydrogens is 198 g/mol. The summed E-state index contributed by atoms with van der Waals surface area (Å²) in [4.78, 5) is 12.0. The first-order valence-corrected chi connectivity index (χ1v) is 5.60. The molecule has 2 heteroatoms. The van der Waals surface area contributed by atoms with E-state index in [4.69, 9.17) is 0 Å². The second kappa shape index (κ2) is 3.78. The summed E-state index contributed by atoms with van der Waals surface area (Å²) < 4.78 is 2.03. The summed E-state index contributed by atoms with van der Waals surface area (Å²) in [7, 11) is 1.98. The molecule has 2 rings (SSSR count). The SMILES string of the molecule is Cc1ccc2c(C(=O)C(C)C)cn(C)c2c1. The van der Waals surface area contributed by atoms with Crippen LogP contribution >= 0.6 is 0 Å². The van der Waals surface area contributed by atoms with Crippen LogP contribution in [0.4, 0.5) is 0 Å². The van der Waals surface area contributed by atoms with Gasteiger partial charge in [0.1, 0.15) is 0 Å². The molecule has 0 amide bonds. The van der Waals surface area contributed by atoms with Crippen LogP contribution in [0.15, 0.2) is 24.4 Å². The van der Waals surface area contributed by atoms with E-state index in [1.807, 2.05) is 37.7 Å². The number of hydrogen-bond donors (Lipinski definition) is 0. The van der Waals surface area contributed by atoms with Gasteiger partial charge >= 0.3 is 0 Å². The van der Waals surface area contributed by atoms with Crippen molar-refractivity contribution in [1.29, 1.82) is 0 Å². The summed E-state index contributed by atoms with van der Waals surface area (Å²) in [5.41, 5.74) is 3.19. The Morgan fingerprint density at radius 3 is 2.62 bits per heavy atom. The van der Waals surface area contributed by atoms with Crippen molar-refractivity contribution in [2.24, 2.45) is 13.0 Å². The number of hydrogen-bond acceptors (Lipinski definition) is 1. The van der Waals surface area contributed by atoms with Crippen LogP contribution in [-0.4, -0.2) is 10.4 Å². The zero-order chi connectivity index (χ0) is 11.9. The molecule has 0 saturated heterocycles. The first kappa shape index (κ1) is 10.9. The molecule has 0 unspecified atom stereocenters. The van der Waals surface area contributed by atoms with Gasteiger partial charge in [-0.1, -0.05) is 26.0 Å². The second-order valence-corrected chi connectivity index (χ2v) is 4.69. The summed E-state index contributed by atoms with van der Waals surface area (Å²) in [6.45, 7) is 5.95. The zero-order valence-electron chi connectivity index (χ0n) is 10.2. The lowest BCUT2D eigenvalue weighted by atomic mass is 10.0. The van der Waals surface area contributed by atoms with E-state index in [9.17, 15) is 4.79 Å². The molecule has 0 atom stereocenters. The smallest absolute Gasteiger partial charge is 0.167 e. The third-order valence-corrected chi connectivity index (χ3v) is 2.94. The maximum absolute atomic E-state index is 12.0. The van der Waals surface area contributed by atoms with E-state index in [0.717, 1.165) is 16.5 Å². The van der Waals surface area contributed by atoms with E-state index in [0.29, 0.717) is 0 Å². The Morgan fingerprint density at radius 1 is 1.31 bits per heavy atom. The monoisotopic (exact) mass is 215 g/mol. The number of Topliss-reactive ketones (excluding diaryl/α,β-unsaturated/α-hetero) is 1. The molecule has 2 nitrogen and oxygen atoms in total. The van der Waals surface area contributed by atoms with Gasteiger partial charge in [-0.25, -0.2) is 0 Å². The van der Waals surface area contributed by atoms with Gasteiger partial charge in [-0.3, -0.25) is 4.79 Å². The fourth-order valence-corrected chi connectivity index (χ4v) is 2.00. The third kappa shape index (κ3) is 1.64.